The molecule has 134 valence electrons. The molecule has 3 rings (SSSR count). The van der Waals surface area contributed by atoms with Gasteiger partial charge in [0.2, 0.25) is 5.91 Å². The van der Waals surface area contributed by atoms with Gasteiger partial charge in [0.05, 0.1) is 15.5 Å². The van der Waals surface area contributed by atoms with Gasteiger partial charge in [0.25, 0.3) is 0 Å². The Morgan fingerprint density at radius 3 is 2.58 bits per heavy atom. The van der Waals surface area contributed by atoms with Crippen LogP contribution in [-0.4, -0.2) is 21.3 Å². The van der Waals surface area contributed by atoms with Gasteiger partial charge in [0, 0.05) is 18.2 Å². The standard InChI is InChI=1S/C20H20N2O2S2/c1-4-17(25-13(3)23)19(24)21-15-8-6-14(7-9-15)20-22-16-10-5-12(2)11-18(16)26-20/h5-11,17H,4H2,1-3H3,(H,21,24). The van der Waals surface area contributed by atoms with Crippen molar-refractivity contribution in [3.8, 4) is 10.6 Å². The van der Waals surface area contributed by atoms with Crippen LogP contribution in [0.4, 0.5) is 5.69 Å². The molecule has 0 radical (unpaired) electrons. The van der Waals surface area contributed by atoms with Gasteiger partial charge in [0.1, 0.15) is 5.01 Å². The van der Waals surface area contributed by atoms with Crippen molar-refractivity contribution in [1.29, 1.82) is 0 Å². The minimum absolute atomic E-state index is 0.0478. The van der Waals surface area contributed by atoms with Crippen molar-refractivity contribution in [2.75, 3.05) is 5.32 Å². The number of thiazole rings is 1. The average molecular weight is 385 g/mol. The van der Waals surface area contributed by atoms with E-state index in [0.29, 0.717) is 6.42 Å². The lowest BCUT2D eigenvalue weighted by Gasteiger charge is -2.13. The number of hydrogen-bond donors (Lipinski definition) is 1. The minimum atomic E-state index is -0.361. The number of hydrogen-bond acceptors (Lipinski definition) is 5. The second kappa shape index (κ2) is 8.01. The molecule has 0 spiro atoms. The zero-order chi connectivity index (χ0) is 18.7. The van der Waals surface area contributed by atoms with Crippen molar-refractivity contribution in [2.45, 2.75) is 32.4 Å². The second-order valence-corrected chi connectivity index (χ2v) is 8.47. The summed E-state index contributed by atoms with van der Waals surface area (Å²) in [5.74, 6) is -0.143. The number of carbonyl (C=O) groups excluding carboxylic acids is 2. The highest BCUT2D eigenvalue weighted by atomic mass is 32.2. The maximum absolute atomic E-state index is 12.3. The highest BCUT2D eigenvalue weighted by molar-refractivity contribution is 8.14. The van der Waals surface area contributed by atoms with E-state index in [1.54, 1.807) is 11.3 Å². The number of carbonyl (C=O) groups is 2. The number of amides is 1. The van der Waals surface area contributed by atoms with Crippen molar-refractivity contribution in [1.82, 2.24) is 4.98 Å². The molecule has 1 N–H and O–H groups in total. The Morgan fingerprint density at radius 2 is 1.92 bits per heavy atom. The van der Waals surface area contributed by atoms with E-state index in [1.807, 2.05) is 37.3 Å². The van der Waals surface area contributed by atoms with Crippen LogP contribution in [0.25, 0.3) is 20.8 Å². The molecule has 0 fully saturated rings. The fraction of sp³-hybridized carbons (Fsp3) is 0.250. The van der Waals surface area contributed by atoms with E-state index in [-0.39, 0.29) is 16.3 Å². The average Bonchev–Trinajstić information content (AvgIpc) is 3.03. The molecule has 0 aliphatic heterocycles. The highest BCUT2D eigenvalue weighted by Gasteiger charge is 2.19. The topological polar surface area (TPSA) is 59.1 Å². The van der Waals surface area contributed by atoms with Gasteiger partial charge in [-0.2, -0.15) is 0 Å². The smallest absolute Gasteiger partial charge is 0.237 e. The zero-order valence-corrected chi connectivity index (χ0v) is 16.5. The first-order valence-corrected chi connectivity index (χ1v) is 10.1. The van der Waals surface area contributed by atoms with Crippen LogP contribution in [0, 0.1) is 6.92 Å². The molecule has 6 heteroatoms. The van der Waals surface area contributed by atoms with Crippen LogP contribution in [0.5, 0.6) is 0 Å². The first kappa shape index (κ1) is 18.6. The molecular weight excluding hydrogens is 364 g/mol. The van der Waals surface area contributed by atoms with Crippen LogP contribution in [0.1, 0.15) is 25.8 Å². The Kier molecular flexibility index (Phi) is 5.74. The Hall–Kier alpha value is -2.18. The van der Waals surface area contributed by atoms with Crippen molar-refractivity contribution >= 4 is 50.0 Å². The first-order valence-electron chi connectivity index (χ1n) is 8.42. The number of fused-ring (bicyclic) bond motifs is 1. The molecule has 1 atom stereocenters. The van der Waals surface area contributed by atoms with E-state index >= 15 is 0 Å². The summed E-state index contributed by atoms with van der Waals surface area (Å²) in [6.45, 7) is 5.46. The molecular formula is C20H20N2O2S2. The molecule has 0 bridgehead atoms. The summed E-state index contributed by atoms with van der Waals surface area (Å²) >= 11 is 2.73. The molecule has 4 nitrogen and oxygen atoms in total. The van der Waals surface area contributed by atoms with Gasteiger partial charge in [-0.3, -0.25) is 9.59 Å². The van der Waals surface area contributed by atoms with Crippen molar-refractivity contribution < 1.29 is 9.59 Å². The van der Waals surface area contributed by atoms with Crippen molar-refractivity contribution in [2.24, 2.45) is 0 Å². The number of thioether (sulfide) groups is 1. The molecule has 2 aromatic carbocycles. The van der Waals surface area contributed by atoms with E-state index in [0.717, 1.165) is 33.5 Å². The van der Waals surface area contributed by atoms with Gasteiger partial charge < -0.3 is 5.32 Å². The van der Waals surface area contributed by atoms with E-state index in [2.05, 4.69) is 29.4 Å². The fourth-order valence-electron chi connectivity index (χ4n) is 2.60. The third-order valence-corrected chi connectivity index (χ3v) is 6.15. The molecule has 0 aliphatic carbocycles. The quantitative estimate of drug-likeness (QED) is 0.651. The summed E-state index contributed by atoms with van der Waals surface area (Å²) in [4.78, 5) is 28.2. The van der Waals surface area contributed by atoms with Gasteiger partial charge >= 0.3 is 0 Å². The SMILES string of the molecule is CCC(SC(C)=O)C(=O)Nc1ccc(-c2nc3ccc(C)cc3s2)cc1. The minimum Gasteiger partial charge on any atom is -0.325 e. The highest BCUT2D eigenvalue weighted by Crippen LogP contribution is 2.31. The molecule has 3 aromatic rings. The van der Waals surface area contributed by atoms with Gasteiger partial charge in [-0.25, -0.2) is 4.98 Å². The van der Waals surface area contributed by atoms with Gasteiger partial charge in [-0.05, 0) is 55.3 Å². The summed E-state index contributed by atoms with van der Waals surface area (Å²) in [6, 6.07) is 13.9. The molecule has 1 amide bonds. The van der Waals surface area contributed by atoms with E-state index < -0.39 is 0 Å². The molecule has 26 heavy (non-hydrogen) atoms. The number of benzene rings is 2. The summed E-state index contributed by atoms with van der Waals surface area (Å²) in [5, 5.41) is 3.43. The Bertz CT molecular complexity index is 948. The first-order chi connectivity index (χ1) is 12.5. The largest absolute Gasteiger partial charge is 0.325 e. The van der Waals surface area contributed by atoms with Crippen molar-refractivity contribution in [3.63, 3.8) is 0 Å². The molecule has 1 heterocycles. The Labute approximate surface area is 161 Å². The number of aryl methyl sites for hydroxylation is 1. The molecule has 0 saturated heterocycles. The van der Waals surface area contributed by atoms with Crippen LogP contribution >= 0.6 is 23.1 Å². The molecule has 0 saturated carbocycles. The second-order valence-electron chi connectivity index (χ2n) is 6.06. The van der Waals surface area contributed by atoms with Gasteiger partial charge in [-0.1, -0.05) is 24.8 Å². The molecule has 0 aliphatic rings. The number of nitrogens with zero attached hydrogens (tertiary/aromatic N) is 1. The normalized spacial score (nSPS) is 12.1. The summed E-state index contributed by atoms with van der Waals surface area (Å²) in [6.07, 6.45) is 0.610. The maximum Gasteiger partial charge on any atom is 0.237 e. The third kappa shape index (κ3) is 4.31. The summed E-state index contributed by atoms with van der Waals surface area (Å²) < 4.78 is 1.17. The van der Waals surface area contributed by atoms with Crippen LogP contribution in [0.3, 0.4) is 0 Å². The van der Waals surface area contributed by atoms with Crippen LogP contribution in [-0.2, 0) is 9.59 Å². The van der Waals surface area contributed by atoms with Gasteiger partial charge in [0.15, 0.2) is 5.12 Å². The molecule has 1 unspecified atom stereocenters. The van der Waals surface area contributed by atoms with Crippen LogP contribution < -0.4 is 5.32 Å². The number of rotatable bonds is 5. The number of aromatic nitrogens is 1. The lowest BCUT2D eigenvalue weighted by molar-refractivity contribution is -0.116. The van der Waals surface area contributed by atoms with Gasteiger partial charge in [-0.15, -0.1) is 11.3 Å². The predicted molar refractivity (Wildman–Crippen MR) is 111 cm³/mol. The zero-order valence-electron chi connectivity index (χ0n) is 14.9. The number of anilines is 1. The monoisotopic (exact) mass is 384 g/mol. The lowest BCUT2D eigenvalue weighted by atomic mass is 10.2. The van der Waals surface area contributed by atoms with E-state index in [9.17, 15) is 9.59 Å². The fourth-order valence-corrected chi connectivity index (χ4v) is 4.40. The summed E-state index contributed by atoms with van der Waals surface area (Å²) in [7, 11) is 0. The van der Waals surface area contributed by atoms with E-state index in [1.165, 1.54) is 17.2 Å². The maximum atomic E-state index is 12.3. The number of nitrogens with one attached hydrogen (secondary N) is 1. The Morgan fingerprint density at radius 1 is 1.19 bits per heavy atom. The van der Waals surface area contributed by atoms with Crippen molar-refractivity contribution in [3.05, 3.63) is 48.0 Å². The summed E-state index contributed by atoms with van der Waals surface area (Å²) in [5.41, 5.74) is 3.96. The van der Waals surface area contributed by atoms with Crippen LogP contribution in [0.15, 0.2) is 42.5 Å². The van der Waals surface area contributed by atoms with Crippen LogP contribution in [0.2, 0.25) is 0 Å². The lowest BCUT2D eigenvalue weighted by Crippen LogP contribution is -2.25. The Balaban J connectivity index is 1.75. The molecule has 1 aromatic heterocycles. The third-order valence-electron chi connectivity index (χ3n) is 3.91. The van der Waals surface area contributed by atoms with E-state index in [4.69, 9.17) is 0 Å². The predicted octanol–water partition coefficient (Wildman–Crippen LogP) is 5.27.